The van der Waals surface area contributed by atoms with E-state index >= 15 is 0 Å². The van der Waals surface area contributed by atoms with Crippen LogP contribution in [0, 0.1) is 0 Å². The van der Waals surface area contributed by atoms with E-state index < -0.39 is 5.54 Å². The average molecular weight is 295 g/mol. The summed E-state index contributed by atoms with van der Waals surface area (Å²) < 4.78 is 0. The van der Waals surface area contributed by atoms with E-state index in [4.69, 9.17) is 17.3 Å². The number of benzene rings is 1. The number of halogens is 1. The molecule has 1 atom stereocenters. The SMILES string of the molecule is Bc1c(B)c(B)c(C2(N)CCC(B)(B)CC2=O)c(Cl)c1B. The van der Waals surface area contributed by atoms with Gasteiger partial charge >= 0.3 is 0 Å². The number of hydrogen-bond acceptors (Lipinski definition) is 2. The van der Waals surface area contributed by atoms with E-state index in [0.717, 1.165) is 22.9 Å². The number of carbonyl (C=O) groups is 1. The zero-order chi connectivity index (χ0) is 16.2. The Morgan fingerprint density at radius 2 is 1.48 bits per heavy atom. The summed E-state index contributed by atoms with van der Waals surface area (Å²) in [6.45, 7) is 0. The third-order valence-electron chi connectivity index (χ3n) is 5.39. The fourth-order valence-electron chi connectivity index (χ4n) is 3.42. The highest BCUT2D eigenvalue weighted by Gasteiger charge is 2.45. The maximum absolute atomic E-state index is 12.8. The molecule has 1 aromatic rings. The fraction of sp³-hybridized carbons (Fsp3) is 0.417. The summed E-state index contributed by atoms with van der Waals surface area (Å²) >= 11 is 6.60. The van der Waals surface area contributed by atoms with Gasteiger partial charge in [0.25, 0.3) is 0 Å². The zero-order valence-electron chi connectivity index (χ0n) is 14.0. The van der Waals surface area contributed by atoms with Crippen molar-refractivity contribution in [3.63, 3.8) is 0 Å². The van der Waals surface area contributed by atoms with E-state index in [1.54, 1.807) is 0 Å². The molecule has 104 valence electrons. The van der Waals surface area contributed by atoms with Gasteiger partial charge in [-0.3, -0.25) is 4.79 Å². The Hall–Kier alpha value is -0.470. The van der Waals surface area contributed by atoms with E-state index in [1.807, 2.05) is 15.7 Å². The zero-order valence-corrected chi connectivity index (χ0v) is 14.7. The van der Waals surface area contributed by atoms with Crippen LogP contribution in [-0.4, -0.2) is 52.9 Å². The van der Waals surface area contributed by atoms with Crippen LogP contribution in [0.5, 0.6) is 0 Å². The van der Waals surface area contributed by atoms with Crippen molar-refractivity contribution in [3.8, 4) is 0 Å². The van der Waals surface area contributed by atoms with E-state index in [0.29, 0.717) is 17.9 Å². The van der Waals surface area contributed by atoms with E-state index in [1.165, 1.54) is 10.9 Å². The molecule has 0 radical (unpaired) electrons. The van der Waals surface area contributed by atoms with Crippen molar-refractivity contribution in [2.24, 2.45) is 5.73 Å². The van der Waals surface area contributed by atoms with Gasteiger partial charge in [0.2, 0.25) is 0 Å². The summed E-state index contributed by atoms with van der Waals surface area (Å²) in [4.78, 5) is 12.8. The molecular weight excluding hydrogens is 274 g/mol. The minimum absolute atomic E-state index is 0.0368. The molecule has 9 heteroatoms. The molecule has 1 saturated carbocycles. The standard InChI is InChI=1S/C12H20B6ClNO/c13-6-5(10(19)9(16)8(15)7(6)14)12(20)2-1-11(17,18)3-4(12)21/h1-3,13-18,20H2. The lowest BCUT2D eigenvalue weighted by molar-refractivity contribution is -0.126. The predicted molar refractivity (Wildman–Crippen MR) is 109 cm³/mol. The third-order valence-corrected chi connectivity index (χ3v) is 5.86. The lowest BCUT2D eigenvalue weighted by atomic mass is 9.45. The van der Waals surface area contributed by atoms with Crippen molar-refractivity contribution < 1.29 is 4.79 Å². The monoisotopic (exact) mass is 295 g/mol. The summed E-state index contributed by atoms with van der Waals surface area (Å²) in [5.41, 5.74) is 11.0. The van der Waals surface area contributed by atoms with Crippen LogP contribution in [0.25, 0.3) is 0 Å². The van der Waals surface area contributed by atoms with Crippen molar-refractivity contribution in [1.29, 1.82) is 0 Å². The molecule has 1 unspecified atom stereocenters. The van der Waals surface area contributed by atoms with Gasteiger partial charge in [0.1, 0.15) is 36.9 Å². The first-order valence-corrected chi connectivity index (χ1v) is 7.97. The van der Waals surface area contributed by atoms with Crippen LogP contribution in [0.3, 0.4) is 0 Å². The largest absolute Gasteiger partial charge is 0.315 e. The molecule has 1 fully saturated rings. The quantitative estimate of drug-likeness (QED) is 0.524. The topological polar surface area (TPSA) is 43.1 Å². The maximum Gasteiger partial charge on any atom is 0.156 e. The Kier molecular flexibility index (Phi) is 4.27. The van der Waals surface area contributed by atoms with Gasteiger partial charge in [0, 0.05) is 11.4 Å². The van der Waals surface area contributed by atoms with Gasteiger partial charge < -0.3 is 5.73 Å². The molecule has 0 heterocycles. The number of carbonyl (C=O) groups excluding carboxylic acids is 1. The van der Waals surface area contributed by atoms with Crippen molar-refractivity contribution in [1.82, 2.24) is 0 Å². The first-order chi connectivity index (χ1) is 9.51. The van der Waals surface area contributed by atoms with Crippen molar-refractivity contribution >= 4 is 86.3 Å². The molecule has 0 amide bonds. The molecular formula is C12H20B6ClNO. The summed E-state index contributed by atoms with van der Waals surface area (Å²) in [5.74, 6) is 0.117. The number of nitrogens with two attached hydrogens (primary N) is 1. The number of rotatable bonds is 1. The molecule has 1 aliphatic rings. The van der Waals surface area contributed by atoms with Gasteiger partial charge in [0.15, 0.2) is 5.78 Å². The molecule has 0 saturated heterocycles. The Bertz CT molecular complexity index is 606. The Morgan fingerprint density at radius 1 is 0.952 bits per heavy atom. The van der Waals surface area contributed by atoms with Gasteiger partial charge in [0.05, 0.1) is 15.7 Å². The minimum atomic E-state index is -0.931. The lowest BCUT2D eigenvalue weighted by Gasteiger charge is -2.42. The van der Waals surface area contributed by atoms with Crippen LogP contribution in [0.15, 0.2) is 0 Å². The Balaban J connectivity index is 2.65. The highest BCUT2D eigenvalue weighted by Crippen LogP contribution is 2.43. The molecule has 2 N–H and O–H groups in total. The second kappa shape index (κ2) is 5.31. The summed E-state index contributed by atoms with van der Waals surface area (Å²) in [7, 11) is 12.5. The molecule has 0 aromatic heterocycles. The molecule has 1 aliphatic carbocycles. The third kappa shape index (κ3) is 2.66. The van der Waals surface area contributed by atoms with Crippen molar-refractivity contribution in [3.05, 3.63) is 10.6 Å². The lowest BCUT2D eigenvalue weighted by Crippen LogP contribution is -2.58. The molecule has 21 heavy (non-hydrogen) atoms. The van der Waals surface area contributed by atoms with Gasteiger partial charge in [-0.25, -0.2) is 0 Å². The Morgan fingerprint density at radius 3 is 2.00 bits per heavy atom. The van der Waals surface area contributed by atoms with Crippen molar-refractivity contribution in [2.75, 3.05) is 0 Å². The first-order valence-electron chi connectivity index (χ1n) is 7.60. The fourth-order valence-corrected chi connectivity index (χ4v) is 3.87. The molecule has 2 rings (SSSR count). The second-order valence-electron chi connectivity index (χ2n) is 7.42. The predicted octanol–water partition coefficient (Wildman–Crippen LogP) is -6.34. The van der Waals surface area contributed by atoms with E-state index in [-0.39, 0.29) is 11.0 Å². The first kappa shape index (κ1) is 16.9. The summed E-state index contributed by atoms with van der Waals surface area (Å²) in [6, 6.07) is 0. The second-order valence-corrected chi connectivity index (χ2v) is 7.80. The van der Waals surface area contributed by atoms with Crippen LogP contribution >= 0.6 is 11.6 Å². The summed E-state index contributed by atoms with van der Waals surface area (Å²) in [5, 5.41) is 0.709. The summed E-state index contributed by atoms with van der Waals surface area (Å²) in [6.07, 6.45) is 2.13. The maximum atomic E-state index is 12.8. The smallest absolute Gasteiger partial charge is 0.156 e. The van der Waals surface area contributed by atoms with Crippen LogP contribution in [-0.2, 0) is 10.3 Å². The van der Waals surface area contributed by atoms with E-state index in [9.17, 15) is 4.79 Å². The van der Waals surface area contributed by atoms with Gasteiger partial charge in [-0.1, -0.05) is 34.2 Å². The highest BCUT2D eigenvalue weighted by molar-refractivity contribution is 6.65. The average Bonchev–Trinajstić information content (AvgIpc) is 2.39. The Labute approximate surface area is 137 Å². The van der Waals surface area contributed by atoms with Crippen LogP contribution < -0.4 is 27.6 Å². The molecule has 2 nitrogen and oxygen atoms in total. The number of hydrogen-bond donors (Lipinski definition) is 1. The van der Waals surface area contributed by atoms with Crippen molar-refractivity contribution in [2.45, 2.75) is 30.0 Å². The van der Waals surface area contributed by atoms with Gasteiger partial charge in [-0.15, -0.1) is 10.9 Å². The van der Waals surface area contributed by atoms with Gasteiger partial charge in [-0.2, -0.15) is 0 Å². The normalized spacial score (nSPS) is 25.0. The van der Waals surface area contributed by atoms with Crippen LogP contribution in [0.1, 0.15) is 24.8 Å². The molecule has 0 bridgehead atoms. The van der Waals surface area contributed by atoms with Crippen LogP contribution in [0.2, 0.25) is 10.2 Å². The number of Topliss-reactive ketones (excluding diaryl/α,β-unsaturated/α-hetero) is 1. The highest BCUT2D eigenvalue weighted by atomic mass is 35.5. The van der Waals surface area contributed by atoms with E-state index in [2.05, 4.69) is 31.4 Å². The molecule has 0 spiro atoms. The molecule has 0 aliphatic heterocycles. The van der Waals surface area contributed by atoms with Gasteiger partial charge in [-0.05, 0) is 12.0 Å². The van der Waals surface area contributed by atoms with Crippen LogP contribution in [0.4, 0.5) is 0 Å². The minimum Gasteiger partial charge on any atom is -0.315 e. The number of ketones is 1. The molecule has 1 aromatic carbocycles.